The molecule has 13 rings (SSSR count). The second-order valence-electron chi connectivity index (χ2n) is 15.9. The molecule has 62 heavy (non-hydrogen) atoms. The van der Waals surface area contributed by atoms with E-state index < -0.39 is 0 Å². The first-order chi connectivity index (χ1) is 30.7. The van der Waals surface area contributed by atoms with Gasteiger partial charge in [-0.05, 0) is 103 Å². The molecule has 5 nitrogen and oxygen atoms in total. The van der Waals surface area contributed by atoms with Crippen molar-refractivity contribution in [3.63, 3.8) is 0 Å². The van der Waals surface area contributed by atoms with E-state index in [0.717, 1.165) is 104 Å². The van der Waals surface area contributed by atoms with Crippen LogP contribution < -0.4 is 0 Å². The highest BCUT2D eigenvalue weighted by atomic mass is 16.3. The molecule has 0 spiro atoms. The van der Waals surface area contributed by atoms with Crippen LogP contribution in [0.5, 0.6) is 0 Å². The van der Waals surface area contributed by atoms with E-state index in [1.807, 2.05) is 30.3 Å². The maximum absolute atomic E-state index is 6.36. The van der Waals surface area contributed by atoms with Crippen molar-refractivity contribution in [1.82, 2.24) is 15.0 Å². The van der Waals surface area contributed by atoms with Crippen molar-refractivity contribution < 1.29 is 8.83 Å². The highest BCUT2D eigenvalue weighted by molar-refractivity contribution is 6.19. The summed E-state index contributed by atoms with van der Waals surface area (Å²) in [7, 11) is 0. The zero-order valence-electron chi connectivity index (χ0n) is 33.2. The Hall–Kier alpha value is -8.41. The average molecular weight is 792 g/mol. The van der Waals surface area contributed by atoms with E-state index in [1.165, 1.54) is 10.8 Å². The predicted molar refractivity (Wildman–Crippen MR) is 254 cm³/mol. The van der Waals surface area contributed by atoms with E-state index >= 15 is 0 Å². The molecule has 288 valence electrons. The lowest BCUT2D eigenvalue weighted by Gasteiger charge is -2.13. The van der Waals surface area contributed by atoms with E-state index in [-0.39, 0.29) is 0 Å². The van der Waals surface area contributed by atoms with Crippen LogP contribution in [-0.4, -0.2) is 15.0 Å². The maximum atomic E-state index is 6.36. The fraction of sp³-hybridized carbons (Fsp3) is 0. The van der Waals surface area contributed by atoms with Gasteiger partial charge >= 0.3 is 0 Å². The third-order valence-electron chi connectivity index (χ3n) is 12.3. The SMILES string of the molecule is c1ccc2cc(-c3ccc(-c4nc(-c5cc(-c6cccc7oc8ccccc8c67)c6ccccc6c5)nc(-c5ccc6c(ccc7oc8ccccc8c76)c5)n4)cc3)ccc2c1. The first kappa shape index (κ1) is 34.5. The second-order valence-corrected chi connectivity index (χ2v) is 15.9. The van der Waals surface area contributed by atoms with Gasteiger partial charge in [0.2, 0.25) is 0 Å². The van der Waals surface area contributed by atoms with Crippen LogP contribution in [0, 0.1) is 0 Å². The van der Waals surface area contributed by atoms with Gasteiger partial charge in [0.15, 0.2) is 17.5 Å². The summed E-state index contributed by atoms with van der Waals surface area (Å²) in [5, 5.41) is 11.3. The highest BCUT2D eigenvalue weighted by Gasteiger charge is 2.19. The van der Waals surface area contributed by atoms with Crippen LogP contribution in [0.1, 0.15) is 0 Å². The number of hydrogen-bond donors (Lipinski definition) is 0. The van der Waals surface area contributed by atoms with E-state index in [2.05, 4.69) is 170 Å². The summed E-state index contributed by atoms with van der Waals surface area (Å²) in [5.74, 6) is 1.79. The molecule has 5 heteroatoms. The van der Waals surface area contributed by atoms with E-state index in [1.54, 1.807) is 0 Å². The minimum atomic E-state index is 0.594. The predicted octanol–water partition coefficient (Wildman–Crippen LogP) is 15.5. The van der Waals surface area contributed by atoms with Gasteiger partial charge in [-0.1, -0.05) is 152 Å². The van der Waals surface area contributed by atoms with Gasteiger partial charge in [-0.25, -0.2) is 15.0 Å². The largest absolute Gasteiger partial charge is 0.456 e. The molecule has 0 aliphatic heterocycles. The molecule has 0 amide bonds. The van der Waals surface area contributed by atoms with Crippen molar-refractivity contribution >= 4 is 76.2 Å². The lowest BCUT2D eigenvalue weighted by Crippen LogP contribution is -2.00. The van der Waals surface area contributed by atoms with Crippen LogP contribution in [0.15, 0.2) is 209 Å². The Kier molecular flexibility index (Phi) is 7.54. The van der Waals surface area contributed by atoms with E-state index in [9.17, 15) is 0 Å². The topological polar surface area (TPSA) is 65.0 Å². The third kappa shape index (κ3) is 5.52. The molecule has 0 atom stereocenters. The van der Waals surface area contributed by atoms with Crippen molar-refractivity contribution in [3.05, 3.63) is 200 Å². The number of furan rings is 2. The molecular weight excluding hydrogens is 759 g/mol. The lowest BCUT2D eigenvalue weighted by atomic mass is 9.92. The van der Waals surface area contributed by atoms with Gasteiger partial charge in [0, 0.05) is 38.2 Å². The van der Waals surface area contributed by atoms with Crippen molar-refractivity contribution in [2.24, 2.45) is 0 Å². The first-order valence-corrected chi connectivity index (χ1v) is 20.8. The fourth-order valence-electron chi connectivity index (χ4n) is 9.30. The molecule has 0 aliphatic rings. The number of fused-ring (bicyclic) bond motifs is 10. The van der Waals surface area contributed by atoms with Crippen molar-refractivity contribution in [2.45, 2.75) is 0 Å². The minimum absolute atomic E-state index is 0.594. The van der Waals surface area contributed by atoms with Crippen molar-refractivity contribution in [1.29, 1.82) is 0 Å². The van der Waals surface area contributed by atoms with Gasteiger partial charge in [0.25, 0.3) is 0 Å². The molecule has 0 radical (unpaired) electrons. The molecule has 3 aromatic heterocycles. The number of nitrogens with zero attached hydrogens (tertiary/aromatic N) is 3. The average Bonchev–Trinajstić information content (AvgIpc) is 3.92. The summed E-state index contributed by atoms with van der Waals surface area (Å²) in [6, 6.07) is 70.0. The van der Waals surface area contributed by atoms with Crippen molar-refractivity contribution in [2.75, 3.05) is 0 Å². The van der Waals surface area contributed by atoms with Crippen LogP contribution in [0.3, 0.4) is 0 Å². The van der Waals surface area contributed by atoms with Crippen LogP contribution in [-0.2, 0) is 0 Å². The van der Waals surface area contributed by atoms with Gasteiger partial charge in [0.05, 0.1) is 0 Å². The molecule has 10 aromatic carbocycles. The molecular formula is C57H33N3O2. The quantitative estimate of drug-likeness (QED) is 0.174. The second kappa shape index (κ2) is 13.6. The minimum Gasteiger partial charge on any atom is -0.456 e. The number of rotatable bonds is 5. The summed E-state index contributed by atoms with van der Waals surface area (Å²) in [4.78, 5) is 15.8. The Morgan fingerprint density at radius 3 is 1.56 bits per heavy atom. The summed E-state index contributed by atoms with van der Waals surface area (Å²) in [6.45, 7) is 0. The number of benzene rings is 10. The molecule has 0 unspecified atom stereocenters. The Morgan fingerprint density at radius 2 is 0.774 bits per heavy atom. The van der Waals surface area contributed by atoms with E-state index in [4.69, 9.17) is 23.8 Å². The van der Waals surface area contributed by atoms with Crippen LogP contribution in [0.25, 0.3) is 133 Å². The molecule has 0 bridgehead atoms. The third-order valence-corrected chi connectivity index (χ3v) is 12.3. The summed E-state index contributed by atoms with van der Waals surface area (Å²) < 4.78 is 12.6. The maximum Gasteiger partial charge on any atom is 0.164 e. The smallest absolute Gasteiger partial charge is 0.164 e. The number of hydrogen-bond acceptors (Lipinski definition) is 5. The molecule has 0 aliphatic carbocycles. The van der Waals surface area contributed by atoms with Crippen LogP contribution >= 0.6 is 0 Å². The zero-order valence-corrected chi connectivity index (χ0v) is 33.2. The fourth-order valence-corrected chi connectivity index (χ4v) is 9.30. The summed E-state index contributed by atoms with van der Waals surface area (Å²) >= 11 is 0. The summed E-state index contributed by atoms with van der Waals surface area (Å²) in [5.41, 5.74) is 10.6. The van der Waals surface area contributed by atoms with Gasteiger partial charge in [-0.15, -0.1) is 0 Å². The molecule has 0 saturated carbocycles. The Morgan fingerprint density at radius 1 is 0.258 bits per heavy atom. The molecule has 3 heterocycles. The van der Waals surface area contributed by atoms with Gasteiger partial charge in [-0.3, -0.25) is 0 Å². The Balaban J connectivity index is 1.01. The standard InChI is InChI=1S/C57H33N3O2/c1-2-11-37-30-38(25-22-34(37)10-1)35-20-23-36(24-21-35)55-58-56(41-26-28-44-40(31-41)27-29-52-53(44)46-14-5-7-17-49(46)62-52)60-57(59-55)42-32-39-12-3-4-13-43(39)48(33-42)45-16-9-19-51-54(45)47-15-6-8-18-50(47)61-51/h1-33H. The zero-order chi connectivity index (χ0) is 40.7. The molecule has 0 saturated heterocycles. The monoisotopic (exact) mass is 791 g/mol. The molecule has 0 fully saturated rings. The highest BCUT2D eigenvalue weighted by Crippen LogP contribution is 2.42. The van der Waals surface area contributed by atoms with Crippen molar-refractivity contribution in [3.8, 4) is 56.4 Å². The summed E-state index contributed by atoms with van der Waals surface area (Å²) in [6.07, 6.45) is 0. The normalized spacial score (nSPS) is 11.9. The number of aromatic nitrogens is 3. The molecule has 13 aromatic rings. The van der Waals surface area contributed by atoms with Gasteiger partial charge < -0.3 is 8.83 Å². The Bertz CT molecular complexity index is 3940. The Labute approximate surface area is 355 Å². The van der Waals surface area contributed by atoms with E-state index in [0.29, 0.717) is 17.5 Å². The number of para-hydroxylation sites is 2. The first-order valence-electron chi connectivity index (χ1n) is 20.8. The molecule has 0 N–H and O–H groups in total. The lowest BCUT2D eigenvalue weighted by molar-refractivity contribution is 0.668. The van der Waals surface area contributed by atoms with Crippen LogP contribution in [0.2, 0.25) is 0 Å². The van der Waals surface area contributed by atoms with Crippen LogP contribution in [0.4, 0.5) is 0 Å². The van der Waals surface area contributed by atoms with Gasteiger partial charge in [0.1, 0.15) is 22.3 Å². The van der Waals surface area contributed by atoms with Gasteiger partial charge in [-0.2, -0.15) is 0 Å².